The van der Waals surface area contributed by atoms with Crippen molar-refractivity contribution in [2.45, 2.75) is 47.1 Å². The first kappa shape index (κ1) is 10.6. The maximum absolute atomic E-state index is 10.8. The fourth-order valence-electron chi connectivity index (χ4n) is 2.29. The molecule has 0 heterocycles. The van der Waals surface area contributed by atoms with E-state index in [9.17, 15) is 4.79 Å². The van der Waals surface area contributed by atoms with Crippen LogP contribution in [0.25, 0.3) is 0 Å². The third-order valence-corrected chi connectivity index (χ3v) is 3.65. The molecule has 76 valence electrons. The van der Waals surface area contributed by atoms with Gasteiger partial charge in [0.05, 0.1) is 0 Å². The summed E-state index contributed by atoms with van der Waals surface area (Å²) >= 11 is 0. The number of rotatable bonds is 1. The maximum Gasteiger partial charge on any atom is 0.302 e. The zero-order valence-corrected chi connectivity index (χ0v) is 9.26. The molecule has 1 aliphatic carbocycles. The van der Waals surface area contributed by atoms with Crippen LogP contribution in [0.1, 0.15) is 41.0 Å². The van der Waals surface area contributed by atoms with E-state index in [4.69, 9.17) is 4.74 Å². The largest absolute Gasteiger partial charge is 0.462 e. The lowest BCUT2D eigenvalue weighted by Crippen LogP contribution is -2.21. The van der Waals surface area contributed by atoms with Gasteiger partial charge in [0, 0.05) is 6.92 Å². The smallest absolute Gasteiger partial charge is 0.302 e. The number of carbonyl (C=O) groups is 1. The zero-order valence-electron chi connectivity index (χ0n) is 9.26. The third kappa shape index (κ3) is 2.04. The van der Waals surface area contributed by atoms with Crippen molar-refractivity contribution in [2.24, 2.45) is 17.3 Å². The van der Waals surface area contributed by atoms with Gasteiger partial charge in [-0.15, -0.1) is 0 Å². The van der Waals surface area contributed by atoms with Crippen LogP contribution in [0, 0.1) is 17.3 Å². The average Bonchev–Trinajstić information content (AvgIpc) is 2.13. The summed E-state index contributed by atoms with van der Waals surface area (Å²) in [4.78, 5) is 10.8. The Hall–Kier alpha value is -0.530. The summed E-state index contributed by atoms with van der Waals surface area (Å²) in [6.45, 7) is 10.4. The van der Waals surface area contributed by atoms with Crippen LogP contribution >= 0.6 is 0 Å². The molecular weight excluding hydrogens is 164 g/mol. The molecular formula is C11H20O2. The molecule has 0 N–H and O–H groups in total. The van der Waals surface area contributed by atoms with Gasteiger partial charge in [0.2, 0.25) is 0 Å². The lowest BCUT2D eigenvalue weighted by molar-refractivity contribution is -0.148. The van der Waals surface area contributed by atoms with Crippen LogP contribution in [-0.2, 0) is 9.53 Å². The van der Waals surface area contributed by atoms with Gasteiger partial charge in [-0.05, 0) is 23.7 Å². The van der Waals surface area contributed by atoms with Crippen molar-refractivity contribution >= 4 is 5.97 Å². The summed E-state index contributed by atoms with van der Waals surface area (Å²) in [6, 6.07) is 0. The third-order valence-electron chi connectivity index (χ3n) is 3.65. The number of hydrogen-bond donors (Lipinski definition) is 0. The van der Waals surface area contributed by atoms with E-state index in [-0.39, 0.29) is 12.1 Å². The van der Waals surface area contributed by atoms with E-state index in [1.54, 1.807) is 0 Å². The fourth-order valence-corrected chi connectivity index (χ4v) is 2.29. The monoisotopic (exact) mass is 184 g/mol. The lowest BCUT2D eigenvalue weighted by atomic mass is 9.81. The second-order valence-corrected chi connectivity index (χ2v) is 4.99. The van der Waals surface area contributed by atoms with Gasteiger partial charge in [0.25, 0.3) is 0 Å². The summed E-state index contributed by atoms with van der Waals surface area (Å²) in [5.74, 6) is 0.956. The average molecular weight is 184 g/mol. The molecule has 2 heteroatoms. The first-order chi connectivity index (χ1) is 5.84. The summed E-state index contributed by atoms with van der Waals surface area (Å²) in [5.41, 5.74) is 0.305. The predicted molar refractivity (Wildman–Crippen MR) is 52.3 cm³/mol. The summed E-state index contributed by atoms with van der Waals surface area (Å²) < 4.78 is 5.29. The van der Waals surface area contributed by atoms with Gasteiger partial charge in [-0.3, -0.25) is 4.79 Å². The van der Waals surface area contributed by atoms with Crippen LogP contribution < -0.4 is 0 Å². The lowest BCUT2D eigenvalue weighted by Gasteiger charge is -2.24. The number of hydrogen-bond acceptors (Lipinski definition) is 2. The molecule has 1 aliphatic rings. The second kappa shape index (κ2) is 3.32. The standard InChI is InChI=1S/C11H20O2/c1-7-8(2)11(4,5)6-10(7)13-9(3)12/h7-8,10H,6H2,1-5H3. The van der Waals surface area contributed by atoms with E-state index in [1.807, 2.05) is 0 Å². The van der Waals surface area contributed by atoms with Crippen molar-refractivity contribution < 1.29 is 9.53 Å². The highest BCUT2D eigenvalue weighted by Gasteiger charge is 2.44. The van der Waals surface area contributed by atoms with Crippen LogP contribution in [0.15, 0.2) is 0 Å². The molecule has 3 unspecified atom stereocenters. The molecule has 1 rings (SSSR count). The van der Waals surface area contributed by atoms with Crippen molar-refractivity contribution in [3.63, 3.8) is 0 Å². The summed E-state index contributed by atoms with van der Waals surface area (Å²) in [7, 11) is 0. The Morgan fingerprint density at radius 2 is 1.92 bits per heavy atom. The van der Waals surface area contributed by atoms with Crippen LogP contribution in [0.2, 0.25) is 0 Å². The molecule has 1 fully saturated rings. The molecule has 3 atom stereocenters. The Morgan fingerprint density at radius 1 is 1.38 bits per heavy atom. The Morgan fingerprint density at radius 3 is 2.23 bits per heavy atom. The van der Waals surface area contributed by atoms with E-state index >= 15 is 0 Å². The quantitative estimate of drug-likeness (QED) is 0.585. The minimum Gasteiger partial charge on any atom is -0.462 e. The minimum atomic E-state index is -0.151. The van der Waals surface area contributed by atoms with Gasteiger partial charge in [-0.2, -0.15) is 0 Å². The van der Waals surface area contributed by atoms with Crippen LogP contribution in [-0.4, -0.2) is 12.1 Å². The van der Waals surface area contributed by atoms with Crippen molar-refractivity contribution in [3.05, 3.63) is 0 Å². The van der Waals surface area contributed by atoms with Gasteiger partial charge in [-0.25, -0.2) is 0 Å². The first-order valence-electron chi connectivity index (χ1n) is 5.02. The Bertz CT molecular complexity index is 208. The zero-order chi connectivity index (χ0) is 10.2. The highest BCUT2D eigenvalue weighted by molar-refractivity contribution is 5.66. The molecule has 0 aromatic carbocycles. The van der Waals surface area contributed by atoms with Gasteiger partial charge < -0.3 is 4.74 Å². The topological polar surface area (TPSA) is 26.3 Å². The SMILES string of the molecule is CC(=O)OC1CC(C)(C)C(C)C1C. The van der Waals surface area contributed by atoms with Crippen LogP contribution in [0.3, 0.4) is 0 Å². The summed E-state index contributed by atoms with van der Waals surface area (Å²) in [5, 5.41) is 0. The maximum atomic E-state index is 10.8. The van der Waals surface area contributed by atoms with Crippen molar-refractivity contribution in [3.8, 4) is 0 Å². The molecule has 0 radical (unpaired) electrons. The second-order valence-electron chi connectivity index (χ2n) is 4.99. The minimum absolute atomic E-state index is 0.127. The van der Waals surface area contributed by atoms with Crippen molar-refractivity contribution in [2.75, 3.05) is 0 Å². The van der Waals surface area contributed by atoms with E-state index < -0.39 is 0 Å². The van der Waals surface area contributed by atoms with E-state index in [0.29, 0.717) is 17.3 Å². The number of carbonyl (C=O) groups excluding carboxylic acids is 1. The molecule has 2 nitrogen and oxygen atoms in total. The van der Waals surface area contributed by atoms with Crippen molar-refractivity contribution in [1.29, 1.82) is 0 Å². The van der Waals surface area contributed by atoms with Crippen LogP contribution in [0.4, 0.5) is 0 Å². The van der Waals surface area contributed by atoms with Crippen molar-refractivity contribution in [1.82, 2.24) is 0 Å². The molecule has 0 aliphatic heterocycles. The summed E-state index contributed by atoms with van der Waals surface area (Å²) in [6.07, 6.45) is 1.12. The van der Waals surface area contributed by atoms with Gasteiger partial charge in [0.15, 0.2) is 0 Å². The predicted octanol–water partition coefficient (Wildman–Crippen LogP) is 2.62. The molecule has 0 amide bonds. The molecule has 0 aromatic rings. The Kier molecular flexibility index (Phi) is 2.69. The highest BCUT2D eigenvalue weighted by Crippen LogP contribution is 2.47. The first-order valence-corrected chi connectivity index (χ1v) is 5.02. The molecule has 0 spiro atoms. The Balaban J connectivity index is 2.66. The van der Waals surface area contributed by atoms with Crippen LogP contribution in [0.5, 0.6) is 0 Å². The number of esters is 1. The molecule has 0 bridgehead atoms. The number of ether oxygens (including phenoxy) is 1. The molecule has 0 saturated heterocycles. The van der Waals surface area contributed by atoms with Gasteiger partial charge >= 0.3 is 5.97 Å². The molecule has 1 saturated carbocycles. The van der Waals surface area contributed by atoms with E-state index in [1.165, 1.54) is 6.92 Å². The normalized spacial score (nSPS) is 37.5. The van der Waals surface area contributed by atoms with E-state index in [2.05, 4.69) is 27.7 Å². The van der Waals surface area contributed by atoms with Gasteiger partial charge in [0.1, 0.15) is 6.10 Å². The highest BCUT2D eigenvalue weighted by atomic mass is 16.5. The van der Waals surface area contributed by atoms with E-state index in [0.717, 1.165) is 6.42 Å². The molecule has 13 heavy (non-hydrogen) atoms. The van der Waals surface area contributed by atoms with Gasteiger partial charge in [-0.1, -0.05) is 27.7 Å². The fraction of sp³-hybridized carbons (Fsp3) is 0.909. The Labute approximate surface area is 80.7 Å². The molecule has 0 aromatic heterocycles.